The molecule has 0 radical (unpaired) electrons. The van der Waals surface area contributed by atoms with Gasteiger partial charge < -0.3 is 25.2 Å². The van der Waals surface area contributed by atoms with Gasteiger partial charge in [0.1, 0.15) is 12.2 Å². The molecule has 1 aliphatic heterocycles. The van der Waals surface area contributed by atoms with E-state index >= 15 is 0 Å². The first kappa shape index (κ1) is 18.3. The number of ether oxygens (including phenoxy) is 1. The highest BCUT2D eigenvalue weighted by atomic mass is 16.7. The standard InChI is InChI=1S/C21H30O6/c1-18-6-4-13(23)8-12(18)2-3-14-15-5-7-20(25)19(15,9-16(24)17(14)18)11-27-21(20,26)10-22/h8,14-17,22,24-26H,2-7,9-11H2,1H3. The lowest BCUT2D eigenvalue weighted by Crippen LogP contribution is -2.64. The Bertz CT molecular complexity index is 719. The number of carbonyl (C=O) groups is 1. The van der Waals surface area contributed by atoms with E-state index in [0.29, 0.717) is 19.3 Å². The number of hydrogen-bond donors (Lipinski definition) is 4. The highest BCUT2D eigenvalue weighted by Crippen LogP contribution is 2.71. The fourth-order valence-electron chi connectivity index (χ4n) is 7.90. The largest absolute Gasteiger partial charge is 0.393 e. The van der Waals surface area contributed by atoms with Gasteiger partial charge in [0.15, 0.2) is 5.78 Å². The maximum absolute atomic E-state index is 11.9. The molecular weight excluding hydrogens is 348 g/mol. The third-order valence-electron chi connectivity index (χ3n) is 9.19. The van der Waals surface area contributed by atoms with E-state index in [9.17, 15) is 25.2 Å². The SMILES string of the molecule is CC12CCC(=O)C=C1CCC1C2C(O)CC23COC(O)(CO)C2(O)CCC13. The first-order valence-electron chi connectivity index (χ1n) is 10.3. The van der Waals surface area contributed by atoms with E-state index in [-0.39, 0.29) is 35.6 Å². The van der Waals surface area contributed by atoms with Crippen molar-refractivity contribution in [3.05, 3.63) is 11.6 Å². The van der Waals surface area contributed by atoms with Crippen LogP contribution in [0, 0.1) is 28.6 Å². The molecule has 1 saturated heterocycles. The fraction of sp³-hybridized carbons (Fsp3) is 0.857. The number of aliphatic hydroxyl groups excluding tert-OH is 2. The van der Waals surface area contributed by atoms with Crippen molar-refractivity contribution in [2.75, 3.05) is 13.2 Å². The molecule has 1 heterocycles. The summed E-state index contributed by atoms with van der Waals surface area (Å²) < 4.78 is 5.58. The van der Waals surface area contributed by atoms with Gasteiger partial charge in [-0.15, -0.1) is 0 Å². The quantitative estimate of drug-likeness (QED) is 0.540. The molecule has 1 spiro atoms. The Morgan fingerprint density at radius 2 is 2.00 bits per heavy atom. The fourth-order valence-corrected chi connectivity index (χ4v) is 7.90. The normalized spacial score (nSPS) is 56.8. The Morgan fingerprint density at radius 1 is 1.22 bits per heavy atom. The van der Waals surface area contributed by atoms with Crippen LogP contribution in [0.4, 0.5) is 0 Å². The van der Waals surface area contributed by atoms with Crippen molar-refractivity contribution in [1.29, 1.82) is 0 Å². The lowest BCUT2D eigenvalue weighted by molar-refractivity contribution is -0.280. The third-order valence-corrected chi connectivity index (χ3v) is 9.19. The smallest absolute Gasteiger partial charge is 0.219 e. The molecule has 5 rings (SSSR count). The summed E-state index contributed by atoms with van der Waals surface area (Å²) in [6.45, 7) is 1.72. The van der Waals surface area contributed by atoms with Crippen LogP contribution in [0.15, 0.2) is 11.6 Å². The van der Waals surface area contributed by atoms with Gasteiger partial charge in [0.2, 0.25) is 5.79 Å². The minimum absolute atomic E-state index is 0.0615. The van der Waals surface area contributed by atoms with E-state index in [4.69, 9.17) is 4.74 Å². The molecule has 27 heavy (non-hydrogen) atoms. The van der Waals surface area contributed by atoms with Gasteiger partial charge in [-0.25, -0.2) is 0 Å². The molecule has 0 bridgehead atoms. The van der Waals surface area contributed by atoms with Crippen molar-refractivity contribution >= 4 is 5.78 Å². The summed E-state index contributed by atoms with van der Waals surface area (Å²) in [4.78, 5) is 11.9. The Hall–Kier alpha value is -0.790. The zero-order valence-electron chi connectivity index (χ0n) is 15.9. The van der Waals surface area contributed by atoms with E-state index in [1.807, 2.05) is 6.08 Å². The average molecular weight is 378 g/mol. The summed E-state index contributed by atoms with van der Waals surface area (Å²) in [5.41, 5.74) is -1.23. The summed E-state index contributed by atoms with van der Waals surface area (Å²) in [5, 5.41) is 43.2. The Labute approximate surface area is 159 Å². The van der Waals surface area contributed by atoms with Crippen LogP contribution in [-0.4, -0.2) is 56.9 Å². The summed E-state index contributed by atoms with van der Waals surface area (Å²) >= 11 is 0. The van der Waals surface area contributed by atoms with Gasteiger partial charge >= 0.3 is 0 Å². The van der Waals surface area contributed by atoms with Gasteiger partial charge in [0, 0.05) is 11.8 Å². The molecule has 150 valence electrons. The second-order valence-corrected chi connectivity index (χ2v) is 9.95. The molecule has 8 atom stereocenters. The minimum Gasteiger partial charge on any atom is -0.393 e. The minimum atomic E-state index is -1.95. The molecule has 6 nitrogen and oxygen atoms in total. The van der Waals surface area contributed by atoms with Crippen LogP contribution in [0.5, 0.6) is 0 Å². The maximum atomic E-state index is 11.9. The molecule has 3 saturated carbocycles. The molecule has 0 aromatic heterocycles. The van der Waals surface area contributed by atoms with E-state index in [1.165, 1.54) is 5.57 Å². The molecule has 8 unspecified atom stereocenters. The average Bonchev–Trinajstić information content (AvgIpc) is 3.04. The zero-order chi connectivity index (χ0) is 19.2. The van der Waals surface area contributed by atoms with Gasteiger partial charge in [0.05, 0.1) is 12.7 Å². The highest BCUT2D eigenvalue weighted by molar-refractivity contribution is 5.91. The van der Waals surface area contributed by atoms with Crippen LogP contribution in [0.3, 0.4) is 0 Å². The monoisotopic (exact) mass is 378 g/mol. The molecule has 5 aliphatic rings. The lowest BCUT2D eigenvalue weighted by atomic mass is 9.45. The van der Waals surface area contributed by atoms with Crippen molar-refractivity contribution < 1.29 is 30.0 Å². The third kappa shape index (κ3) is 1.96. The number of rotatable bonds is 1. The maximum Gasteiger partial charge on any atom is 0.219 e. The van der Waals surface area contributed by atoms with E-state index in [1.54, 1.807) is 0 Å². The predicted octanol–water partition coefficient (Wildman–Crippen LogP) is 0.911. The Kier molecular flexibility index (Phi) is 3.66. The zero-order valence-corrected chi connectivity index (χ0v) is 15.9. The Balaban J connectivity index is 1.56. The number of hydrogen-bond acceptors (Lipinski definition) is 6. The number of carbonyl (C=O) groups excluding carboxylic acids is 1. The highest BCUT2D eigenvalue weighted by Gasteiger charge is 2.77. The van der Waals surface area contributed by atoms with E-state index < -0.39 is 29.5 Å². The Morgan fingerprint density at radius 3 is 2.74 bits per heavy atom. The van der Waals surface area contributed by atoms with Gasteiger partial charge in [-0.2, -0.15) is 0 Å². The topological polar surface area (TPSA) is 107 Å². The van der Waals surface area contributed by atoms with Gasteiger partial charge in [-0.3, -0.25) is 4.79 Å². The number of allylic oxidation sites excluding steroid dienone is 1. The summed E-state index contributed by atoms with van der Waals surface area (Å²) in [5.74, 6) is -1.33. The van der Waals surface area contributed by atoms with Crippen LogP contribution in [-0.2, 0) is 9.53 Å². The van der Waals surface area contributed by atoms with Crippen LogP contribution >= 0.6 is 0 Å². The van der Waals surface area contributed by atoms with Crippen LogP contribution in [0.2, 0.25) is 0 Å². The van der Waals surface area contributed by atoms with Crippen LogP contribution < -0.4 is 0 Å². The van der Waals surface area contributed by atoms with Gasteiger partial charge in [-0.05, 0) is 67.8 Å². The van der Waals surface area contributed by atoms with Crippen molar-refractivity contribution in [1.82, 2.24) is 0 Å². The van der Waals surface area contributed by atoms with Gasteiger partial charge in [-0.1, -0.05) is 12.5 Å². The first-order chi connectivity index (χ1) is 12.7. The summed E-state index contributed by atoms with van der Waals surface area (Å²) in [6, 6.07) is 0. The number of aliphatic hydroxyl groups is 4. The van der Waals surface area contributed by atoms with Crippen molar-refractivity contribution in [2.24, 2.45) is 28.6 Å². The van der Waals surface area contributed by atoms with E-state index in [0.717, 1.165) is 25.7 Å². The number of fused-ring (bicyclic) bond motifs is 4. The van der Waals surface area contributed by atoms with Crippen molar-refractivity contribution in [3.8, 4) is 0 Å². The molecular formula is C21H30O6. The molecule has 4 N–H and O–H groups in total. The summed E-state index contributed by atoms with van der Waals surface area (Å²) in [7, 11) is 0. The molecule has 6 heteroatoms. The number of ketones is 1. The summed E-state index contributed by atoms with van der Waals surface area (Å²) in [6.07, 6.45) is 5.75. The second kappa shape index (κ2) is 5.42. The first-order valence-corrected chi connectivity index (χ1v) is 10.3. The molecule has 4 aliphatic carbocycles. The molecule has 0 aromatic rings. The lowest BCUT2D eigenvalue weighted by Gasteiger charge is -2.60. The van der Waals surface area contributed by atoms with Crippen molar-refractivity contribution in [3.63, 3.8) is 0 Å². The molecule has 4 fully saturated rings. The van der Waals surface area contributed by atoms with Crippen molar-refractivity contribution in [2.45, 2.75) is 69.4 Å². The van der Waals surface area contributed by atoms with Crippen LogP contribution in [0.1, 0.15) is 51.9 Å². The second-order valence-electron chi connectivity index (χ2n) is 9.95. The molecule has 0 amide bonds. The van der Waals surface area contributed by atoms with E-state index in [2.05, 4.69) is 6.92 Å². The predicted molar refractivity (Wildman–Crippen MR) is 95.4 cm³/mol. The van der Waals surface area contributed by atoms with Crippen LogP contribution in [0.25, 0.3) is 0 Å². The van der Waals surface area contributed by atoms with Gasteiger partial charge in [0.25, 0.3) is 0 Å². The molecule has 0 aromatic carbocycles.